The molecule has 132 valence electrons. The minimum Gasteiger partial charge on any atom is -0.497 e. The standard InChI is InChI=1S/C17H13Cl2F3N2O/c1-25-11-4-2-10(3-5-11)8-24-15-7-13(19)12(18)6-14(15)23-16(24)17(21,22)9-20/h2-7H,8-9H2,1H3. The van der Waals surface area contributed by atoms with Crippen LogP contribution in [0.15, 0.2) is 36.4 Å². The van der Waals surface area contributed by atoms with Crippen LogP contribution in [-0.4, -0.2) is 23.3 Å². The Labute approximate surface area is 151 Å². The predicted octanol–water partition coefficient (Wildman–Crippen LogP) is 5.46. The number of fused-ring (bicyclic) bond motifs is 1. The molecule has 8 heteroatoms. The van der Waals surface area contributed by atoms with Gasteiger partial charge in [-0.2, -0.15) is 8.78 Å². The molecule has 0 saturated carbocycles. The molecular formula is C17H13Cl2F3N2O. The van der Waals surface area contributed by atoms with E-state index >= 15 is 0 Å². The first kappa shape index (κ1) is 17.9. The van der Waals surface area contributed by atoms with Crippen molar-refractivity contribution in [3.8, 4) is 5.75 Å². The first-order valence-electron chi connectivity index (χ1n) is 7.28. The summed E-state index contributed by atoms with van der Waals surface area (Å²) in [6.07, 6.45) is 0. The maximum Gasteiger partial charge on any atom is 0.332 e. The van der Waals surface area contributed by atoms with Crippen LogP contribution in [0.1, 0.15) is 11.4 Å². The molecule has 0 amide bonds. The van der Waals surface area contributed by atoms with Gasteiger partial charge >= 0.3 is 5.92 Å². The molecule has 1 heterocycles. The van der Waals surface area contributed by atoms with Gasteiger partial charge in [0.05, 0.1) is 28.2 Å². The molecule has 2 aromatic carbocycles. The Bertz CT molecular complexity index is 910. The highest BCUT2D eigenvalue weighted by Gasteiger charge is 2.38. The predicted molar refractivity (Wildman–Crippen MR) is 91.7 cm³/mol. The van der Waals surface area contributed by atoms with Gasteiger partial charge in [0.25, 0.3) is 0 Å². The summed E-state index contributed by atoms with van der Waals surface area (Å²) in [4.78, 5) is 3.89. The van der Waals surface area contributed by atoms with Gasteiger partial charge in [0.1, 0.15) is 5.75 Å². The lowest BCUT2D eigenvalue weighted by molar-refractivity contribution is -0.0388. The molecule has 0 radical (unpaired) electrons. The van der Waals surface area contributed by atoms with Gasteiger partial charge in [-0.3, -0.25) is 0 Å². The maximum atomic E-state index is 14.1. The van der Waals surface area contributed by atoms with E-state index in [-0.39, 0.29) is 22.1 Å². The molecule has 0 fully saturated rings. The molecule has 0 saturated heterocycles. The fraction of sp³-hybridized carbons (Fsp3) is 0.235. The lowest BCUT2D eigenvalue weighted by atomic mass is 10.2. The average molecular weight is 389 g/mol. The number of benzene rings is 2. The van der Waals surface area contributed by atoms with Crippen molar-refractivity contribution in [2.24, 2.45) is 0 Å². The second-order valence-electron chi connectivity index (χ2n) is 5.46. The Morgan fingerprint density at radius 2 is 1.76 bits per heavy atom. The van der Waals surface area contributed by atoms with Gasteiger partial charge in [0, 0.05) is 6.54 Å². The molecule has 0 aliphatic heterocycles. The third kappa shape index (κ3) is 3.41. The van der Waals surface area contributed by atoms with Gasteiger partial charge in [-0.1, -0.05) is 35.3 Å². The largest absolute Gasteiger partial charge is 0.497 e. The molecule has 0 aliphatic rings. The Kier molecular flexibility index (Phi) is 4.84. The van der Waals surface area contributed by atoms with E-state index < -0.39 is 18.4 Å². The topological polar surface area (TPSA) is 27.1 Å². The van der Waals surface area contributed by atoms with Crippen molar-refractivity contribution in [1.29, 1.82) is 0 Å². The second kappa shape index (κ2) is 6.77. The zero-order valence-corrected chi connectivity index (χ0v) is 14.6. The van der Waals surface area contributed by atoms with Gasteiger partial charge in [0.15, 0.2) is 12.5 Å². The number of imidazole rings is 1. The second-order valence-corrected chi connectivity index (χ2v) is 6.28. The van der Waals surface area contributed by atoms with Crippen molar-refractivity contribution >= 4 is 34.2 Å². The van der Waals surface area contributed by atoms with Crippen LogP contribution in [0.4, 0.5) is 13.2 Å². The van der Waals surface area contributed by atoms with E-state index in [4.69, 9.17) is 27.9 Å². The van der Waals surface area contributed by atoms with Crippen molar-refractivity contribution in [3.63, 3.8) is 0 Å². The highest BCUT2D eigenvalue weighted by atomic mass is 35.5. The van der Waals surface area contributed by atoms with Gasteiger partial charge < -0.3 is 9.30 Å². The van der Waals surface area contributed by atoms with Gasteiger partial charge in [-0.15, -0.1) is 0 Å². The highest BCUT2D eigenvalue weighted by Crippen LogP contribution is 2.34. The van der Waals surface area contributed by atoms with E-state index in [1.165, 1.54) is 23.8 Å². The number of hydrogen-bond acceptors (Lipinski definition) is 2. The number of aromatic nitrogens is 2. The first-order valence-corrected chi connectivity index (χ1v) is 8.04. The summed E-state index contributed by atoms with van der Waals surface area (Å²) in [5.74, 6) is -3.74. The summed E-state index contributed by atoms with van der Waals surface area (Å²) >= 11 is 11.9. The van der Waals surface area contributed by atoms with Gasteiger partial charge in [0.2, 0.25) is 0 Å². The summed E-state index contributed by atoms with van der Waals surface area (Å²) in [6.45, 7) is -1.77. The summed E-state index contributed by atoms with van der Waals surface area (Å²) in [6, 6.07) is 9.74. The zero-order chi connectivity index (χ0) is 18.2. The van der Waals surface area contributed by atoms with E-state index in [1.54, 1.807) is 24.3 Å². The SMILES string of the molecule is COc1ccc(Cn2c(C(F)(F)CF)nc3cc(Cl)c(Cl)cc32)cc1. The lowest BCUT2D eigenvalue weighted by Gasteiger charge is -2.15. The van der Waals surface area contributed by atoms with E-state index in [0.717, 1.165) is 5.56 Å². The van der Waals surface area contributed by atoms with E-state index in [2.05, 4.69) is 4.98 Å². The third-order valence-corrected chi connectivity index (χ3v) is 4.51. The minimum absolute atomic E-state index is 0.0728. The number of methoxy groups -OCH3 is 1. The van der Waals surface area contributed by atoms with E-state index in [1.807, 2.05) is 0 Å². The van der Waals surface area contributed by atoms with Crippen LogP contribution in [0, 0.1) is 0 Å². The summed E-state index contributed by atoms with van der Waals surface area (Å²) in [5.41, 5.74) is 1.31. The van der Waals surface area contributed by atoms with Crippen LogP contribution in [0.25, 0.3) is 11.0 Å². The fourth-order valence-electron chi connectivity index (χ4n) is 2.53. The number of rotatable bonds is 5. The van der Waals surface area contributed by atoms with Crippen LogP contribution < -0.4 is 4.74 Å². The average Bonchev–Trinajstić information content (AvgIpc) is 2.94. The van der Waals surface area contributed by atoms with E-state index in [9.17, 15) is 13.2 Å². The normalized spacial score (nSPS) is 11.9. The van der Waals surface area contributed by atoms with Crippen LogP contribution in [0.3, 0.4) is 0 Å². The molecule has 0 atom stereocenters. The molecule has 25 heavy (non-hydrogen) atoms. The molecular weight excluding hydrogens is 376 g/mol. The van der Waals surface area contributed by atoms with Gasteiger partial charge in [-0.25, -0.2) is 9.37 Å². The molecule has 0 spiro atoms. The van der Waals surface area contributed by atoms with Crippen molar-refractivity contribution < 1.29 is 17.9 Å². The summed E-state index contributed by atoms with van der Waals surface area (Å²) < 4.78 is 47.3. The number of hydrogen-bond donors (Lipinski definition) is 0. The molecule has 0 N–H and O–H groups in total. The van der Waals surface area contributed by atoms with Crippen LogP contribution >= 0.6 is 23.2 Å². The molecule has 3 nitrogen and oxygen atoms in total. The smallest absolute Gasteiger partial charge is 0.332 e. The number of alkyl halides is 3. The monoisotopic (exact) mass is 388 g/mol. The first-order chi connectivity index (χ1) is 11.9. The fourth-order valence-corrected chi connectivity index (χ4v) is 2.85. The Hall–Kier alpha value is -1.92. The Morgan fingerprint density at radius 3 is 2.36 bits per heavy atom. The van der Waals surface area contributed by atoms with Crippen LogP contribution in [-0.2, 0) is 12.5 Å². The number of nitrogens with zero attached hydrogens (tertiary/aromatic N) is 2. The Balaban J connectivity index is 2.15. The maximum absolute atomic E-state index is 14.1. The molecule has 0 aliphatic carbocycles. The quantitative estimate of drug-likeness (QED) is 0.579. The molecule has 3 aromatic rings. The summed E-state index contributed by atoms with van der Waals surface area (Å²) in [7, 11) is 1.53. The van der Waals surface area contributed by atoms with Crippen molar-refractivity contribution in [3.05, 3.63) is 57.8 Å². The van der Waals surface area contributed by atoms with Crippen LogP contribution in [0.5, 0.6) is 5.75 Å². The van der Waals surface area contributed by atoms with Crippen LogP contribution in [0.2, 0.25) is 10.0 Å². The zero-order valence-electron chi connectivity index (χ0n) is 13.1. The molecule has 0 bridgehead atoms. The third-order valence-electron chi connectivity index (χ3n) is 3.79. The van der Waals surface area contributed by atoms with Crippen molar-refractivity contribution in [2.75, 3.05) is 13.8 Å². The molecule has 1 aromatic heterocycles. The summed E-state index contributed by atoms with van der Waals surface area (Å²) in [5, 5.41) is 0.401. The molecule has 0 unspecified atom stereocenters. The minimum atomic E-state index is -3.72. The number of ether oxygens (including phenoxy) is 1. The van der Waals surface area contributed by atoms with Crippen molar-refractivity contribution in [1.82, 2.24) is 9.55 Å². The van der Waals surface area contributed by atoms with E-state index in [0.29, 0.717) is 11.3 Å². The van der Waals surface area contributed by atoms with Crippen molar-refractivity contribution in [2.45, 2.75) is 12.5 Å². The lowest BCUT2D eigenvalue weighted by Crippen LogP contribution is -2.22. The van der Waals surface area contributed by atoms with Gasteiger partial charge in [-0.05, 0) is 29.8 Å². The highest BCUT2D eigenvalue weighted by molar-refractivity contribution is 6.42. The number of halogens is 5. The Morgan fingerprint density at radius 1 is 1.12 bits per heavy atom. The molecule has 3 rings (SSSR count).